The molecule has 0 saturated heterocycles. The van der Waals surface area contributed by atoms with E-state index >= 15 is 0 Å². The molecule has 3 aromatic rings. The van der Waals surface area contributed by atoms with Gasteiger partial charge in [0.05, 0.1) is 17.6 Å². The van der Waals surface area contributed by atoms with Crippen LogP contribution >= 0.6 is 11.3 Å². The zero-order valence-electron chi connectivity index (χ0n) is 17.5. The monoisotopic (exact) mass is 440 g/mol. The topological polar surface area (TPSA) is 97.6 Å². The highest BCUT2D eigenvalue weighted by Crippen LogP contribution is 2.38. The maximum absolute atomic E-state index is 13.0. The van der Waals surface area contributed by atoms with Gasteiger partial charge in [-0.25, -0.2) is 0 Å². The first-order valence-electron chi connectivity index (χ1n) is 10.3. The first-order chi connectivity index (χ1) is 15.0. The molecular weight excluding hydrogens is 416 g/mol. The second-order valence-electron chi connectivity index (χ2n) is 7.54. The number of ether oxygens (including phenoxy) is 1. The summed E-state index contributed by atoms with van der Waals surface area (Å²) in [5, 5.41) is 6.59. The average molecular weight is 441 g/mol. The van der Waals surface area contributed by atoms with Gasteiger partial charge < -0.3 is 19.8 Å². The molecule has 2 amide bonds. The van der Waals surface area contributed by atoms with E-state index in [9.17, 15) is 14.4 Å². The lowest BCUT2D eigenvalue weighted by atomic mass is 9.95. The molecule has 2 heterocycles. The lowest BCUT2D eigenvalue weighted by Gasteiger charge is -2.13. The van der Waals surface area contributed by atoms with Gasteiger partial charge in [-0.05, 0) is 49.8 Å². The van der Waals surface area contributed by atoms with Gasteiger partial charge in [0.1, 0.15) is 10.6 Å². The van der Waals surface area contributed by atoms with Crippen LogP contribution in [0.5, 0.6) is 0 Å². The van der Waals surface area contributed by atoms with E-state index in [0.29, 0.717) is 34.7 Å². The van der Waals surface area contributed by atoms with Gasteiger partial charge in [-0.15, -0.1) is 11.3 Å². The van der Waals surface area contributed by atoms with Crippen LogP contribution in [0.15, 0.2) is 33.5 Å². The molecule has 1 aromatic carbocycles. The number of hydrogen-bond acceptors (Lipinski definition) is 6. The molecule has 1 aliphatic rings. The highest BCUT2D eigenvalue weighted by molar-refractivity contribution is 7.17. The van der Waals surface area contributed by atoms with E-state index in [1.807, 2.05) is 13.0 Å². The second-order valence-corrected chi connectivity index (χ2v) is 8.65. The largest absolute Gasteiger partial charge is 0.450 e. The van der Waals surface area contributed by atoms with Crippen LogP contribution in [0.1, 0.15) is 49.8 Å². The van der Waals surface area contributed by atoms with E-state index in [0.717, 1.165) is 41.7 Å². The SMILES string of the molecule is COCCNC(=O)c1c(NC(=O)c2cc(=O)c3cccc(C)c3o2)sc2c1CCCC2. The van der Waals surface area contributed by atoms with Crippen molar-refractivity contribution < 1.29 is 18.7 Å². The summed E-state index contributed by atoms with van der Waals surface area (Å²) in [4.78, 5) is 39.5. The molecule has 4 rings (SSSR count). The van der Waals surface area contributed by atoms with E-state index in [1.54, 1.807) is 19.2 Å². The molecule has 0 unspecified atom stereocenters. The van der Waals surface area contributed by atoms with Gasteiger partial charge in [0, 0.05) is 24.6 Å². The molecule has 2 aromatic heterocycles. The number of anilines is 1. The number of para-hydroxylation sites is 1. The van der Waals surface area contributed by atoms with Crippen molar-refractivity contribution in [3.05, 3.63) is 61.8 Å². The van der Waals surface area contributed by atoms with Crippen LogP contribution in [-0.4, -0.2) is 32.1 Å². The van der Waals surface area contributed by atoms with Crippen molar-refractivity contribution in [1.29, 1.82) is 0 Å². The number of benzene rings is 1. The molecule has 31 heavy (non-hydrogen) atoms. The van der Waals surface area contributed by atoms with Crippen molar-refractivity contribution >= 4 is 39.1 Å². The summed E-state index contributed by atoms with van der Waals surface area (Å²) < 4.78 is 10.8. The number of fused-ring (bicyclic) bond motifs is 2. The number of nitrogens with one attached hydrogen (secondary N) is 2. The molecular formula is C23H24N2O5S. The number of amides is 2. The molecule has 7 nitrogen and oxygen atoms in total. The van der Waals surface area contributed by atoms with Crippen LogP contribution in [0.3, 0.4) is 0 Å². The van der Waals surface area contributed by atoms with Crippen molar-refractivity contribution in [2.75, 3.05) is 25.6 Å². The Bertz CT molecular complexity index is 1210. The zero-order chi connectivity index (χ0) is 22.0. The Labute approximate surface area is 183 Å². The van der Waals surface area contributed by atoms with Crippen LogP contribution in [0.2, 0.25) is 0 Å². The molecule has 0 fully saturated rings. The van der Waals surface area contributed by atoms with Crippen molar-refractivity contribution in [2.24, 2.45) is 0 Å². The summed E-state index contributed by atoms with van der Waals surface area (Å²) in [5.74, 6) is -0.863. The molecule has 8 heteroatoms. The lowest BCUT2D eigenvalue weighted by Crippen LogP contribution is -2.28. The minimum absolute atomic E-state index is 0.0797. The summed E-state index contributed by atoms with van der Waals surface area (Å²) in [5.41, 5.74) is 2.39. The van der Waals surface area contributed by atoms with E-state index in [-0.39, 0.29) is 17.1 Å². The van der Waals surface area contributed by atoms with E-state index in [4.69, 9.17) is 9.15 Å². The van der Waals surface area contributed by atoms with Crippen LogP contribution in [-0.2, 0) is 17.6 Å². The van der Waals surface area contributed by atoms with Crippen molar-refractivity contribution in [2.45, 2.75) is 32.6 Å². The Hall–Kier alpha value is -2.97. The summed E-state index contributed by atoms with van der Waals surface area (Å²) in [7, 11) is 1.57. The number of thiophene rings is 1. The van der Waals surface area contributed by atoms with Crippen LogP contribution in [0, 0.1) is 6.92 Å². The summed E-state index contributed by atoms with van der Waals surface area (Å²) in [6, 6.07) is 6.47. The molecule has 2 N–H and O–H groups in total. The summed E-state index contributed by atoms with van der Waals surface area (Å²) >= 11 is 1.42. The Morgan fingerprint density at radius 1 is 1.19 bits per heavy atom. The quantitative estimate of drug-likeness (QED) is 0.570. The summed E-state index contributed by atoms with van der Waals surface area (Å²) in [6.07, 6.45) is 3.76. The number of aryl methyl sites for hydroxylation is 2. The Kier molecular flexibility index (Phi) is 6.20. The maximum atomic E-state index is 13.0. The van der Waals surface area contributed by atoms with Gasteiger partial charge in [0.25, 0.3) is 11.8 Å². The van der Waals surface area contributed by atoms with Crippen LogP contribution in [0.25, 0.3) is 11.0 Å². The Morgan fingerprint density at radius 2 is 2.00 bits per heavy atom. The fourth-order valence-electron chi connectivity index (χ4n) is 3.84. The minimum atomic E-state index is -0.549. The van der Waals surface area contributed by atoms with Gasteiger partial charge in [-0.1, -0.05) is 12.1 Å². The predicted octanol–water partition coefficient (Wildman–Crippen LogP) is 3.67. The minimum Gasteiger partial charge on any atom is -0.450 e. The highest BCUT2D eigenvalue weighted by Gasteiger charge is 2.27. The molecule has 1 aliphatic carbocycles. The number of carbonyl (C=O) groups excluding carboxylic acids is 2. The van der Waals surface area contributed by atoms with Gasteiger partial charge in [-0.2, -0.15) is 0 Å². The second kappa shape index (κ2) is 9.03. The molecule has 0 atom stereocenters. The fourth-order valence-corrected chi connectivity index (χ4v) is 5.13. The first-order valence-corrected chi connectivity index (χ1v) is 11.1. The maximum Gasteiger partial charge on any atom is 0.292 e. The molecule has 0 bridgehead atoms. The van der Waals surface area contributed by atoms with Crippen molar-refractivity contribution in [1.82, 2.24) is 5.32 Å². The fraction of sp³-hybridized carbons (Fsp3) is 0.348. The van der Waals surface area contributed by atoms with Gasteiger partial charge in [0.2, 0.25) is 0 Å². The molecule has 0 radical (unpaired) electrons. The molecule has 162 valence electrons. The van der Waals surface area contributed by atoms with Crippen LogP contribution in [0.4, 0.5) is 5.00 Å². The Balaban J connectivity index is 1.67. The number of hydrogen-bond donors (Lipinski definition) is 2. The number of rotatable bonds is 6. The smallest absolute Gasteiger partial charge is 0.292 e. The highest BCUT2D eigenvalue weighted by atomic mass is 32.1. The van der Waals surface area contributed by atoms with Crippen molar-refractivity contribution in [3.63, 3.8) is 0 Å². The average Bonchev–Trinajstić information content (AvgIpc) is 3.12. The van der Waals surface area contributed by atoms with E-state index in [1.165, 1.54) is 17.4 Å². The van der Waals surface area contributed by atoms with Crippen LogP contribution < -0.4 is 16.1 Å². The third-order valence-electron chi connectivity index (χ3n) is 5.39. The number of methoxy groups -OCH3 is 1. The van der Waals surface area contributed by atoms with Gasteiger partial charge >= 0.3 is 0 Å². The molecule has 0 saturated carbocycles. The number of carbonyl (C=O) groups is 2. The summed E-state index contributed by atoms with van der Waals surface area (Å²) in [6.45, 7) is 2.61. The van der Waals surface area contributed by atoms with Crippen molar-refractivity contribution in [3.8, 4) is 0 Å². The third-order valence-corrected chi connectivity index (χ3v) is 6.60. The predicted molar refractivity (Wildman–Crippen MR) is 120 cm³/mol. The molecule has 0 spiro atoms. The zero-order valence-corrected chi connectivity index (χ0v) is 18.3. The standard InChI is InChI=1S/C23H24N2O5S/c1-13-6-5-8-14-16(26)12-17(30-20(13)14)21(27)25-23-19(22(28)24-10-11-29-2)15-7-3-4-9-18(15)31-23/h5-6,8,12H,3-4,7,9-11H2,1-2H3,(H,24,28)(H,25,27). The van der Waals surface area contributed by atoms with Gasteiger partial charge in [0.15, 0.2) is 11.2 Å². The third kappa shape index (κ3) is 4.26. The molecule has 0 aliphatic heterocycles. The lowest BCUT2D eigenvalue weighted by molar-refractivity contribution is 0.0937. The first kappa shape index (κ1) is 21.3. The van der Waals surface area contributed by atoms with E-state index in [2.05, 4.69) is 10.6 Å². The Morgan fingerprint density at radius 3 is 2.81 bits per heavy atom. The van der Waals surface area contributed by atoms with Gasteiger partial charge in [-0.3, -0.25) is 14.4 Å². The normalized spacial score (nSPS) is 13.1. The van der Waals surface area contributed by atoms with E-state index < -0.39 is 5.91 Å².